The van der Waals surface area contributed by atoms with Gasteiger partial charge in [0.25, 0.3) is 5.91 Å². The van der Waals surface area contributed by atoms with Crippen molar-refractivity contribution in [2.75, 3.05) is 19.6 Å². The zero-order chi connectivity index (χ0) is 18.7. The van der Waals surface area contributed by atoms with Gasteiger partial charge in [-0.2, -0.15) is 0 Å². The molecule has 3 heterocycles. The number of hydrogen-bond donors (Lipinski definition) is 2. The first kappa shape index (κ1) is 17.7. The number of amides is 1. The molecule has 4 rings (SSSR count). The molecule has 6 heteroatoms. The van der Waals surface area contributed by atoms with E-state index >= 15 is 0 Å². The van der Waals surface area contributed by atoms with Gasteiger partial charge in [-0.05, 0) is 55.8 Å². The third kappa shape index (κ3) is 3.85. The minimum atomic E-state index is -1.33. The molecule has 0 radical (unpaired) electrons. The lowest BCUT2D eigenvalue weighted by molar-refractivity contribution is 0.0830. The Morgan fingerprint density at radius 3 is 2.70 bits per heavy atom. The molecule has 2 aromatic heterocycles. The molecule has 3 aromatic rings. The van der Waals surface area contributed by atoms with Crippen LogP contribution < -0.4 is 10.6 Å². The Kier molecular flexibility index (Phi) is 4.90. The lowest BCUT2D eigenvalue weighted by Crippen LogP contribution is -2.47. The fraction of sp³-hybridized carbons (Fsp3) is 0.333. The van der Waals surface area contributed by atoms with Crippen LogP contribution in [0.15, 0.2) is 54.9 Å². The number of piperidine rings is 1. The van der Waals surface area contributed by atoms with Gasteiger partial charge >= 0.3 is 0 Å². The number of pyridine rings is 1. The van der Waals surface area contributed by atoms with E-state index in [0.29, 0.717) is 38.2 Å². The number of benzene rings is 1. The topological polar surface area (TPSA) is 59.0 Å². The Hall–Kier alpha value is -2.73. The van der Waals surface area contributed by atoms with Crippen molar-refractivity contribution < 1.29 is 9.18 Å². The minimum Gasteiger partial charge on any atom is -0.348 e. The van der Waals surface area contributed by atoms with E-state index in [9.17, 15) is 9.18 Å². The number of fused-ring (bicyclic) bond motifs is 1. The first-order valence-corrected chi connectivity index (χ1v) is 9.30. The van der Waals surface area contributed by atoms with Crippen LogP contribution in [0, 0.1) is 0 Å². The van der Waals surface area contributed by atoms with Gasteiger partial charge < -0.3 is 15.2 Å². The second-order valence-electron chi connectivity index (χ2n) is 7.11. The van der Waals surface area contributed by atoms with Gasteiger partial charge in [0.1, 0.15) is 11.4 Å². The lowest BCUT2D eigenvalue weighted by Gasteiger charge is -2.30. The Bertz CT molecular complexity index is 932. The Balaban J connectivity index is 1.60. The number of para-hydroxylation sites is 1. The molecule has 2 N–H and O–H groups in total. The molecule has 0 bridgehead atoms. The van der Waals surface area contributed by atoms with E-state index in [1.165, 1.54) is 0 Å². The van der Waals surface area contributed by atoms with Crippen molar-refractivity contribution in [1.29, 1.82) is 0 Å². The second-order valence-corrected chi connectivity index (χ2v) is 7.11. The number of halogens is 1. The molecule has 1 aliphatic rings. The summed E-state index contributed by atoms with van der Waals surface area (Å²) in [4.78, 5) is 16.9. The van der Waals surface area contributed by atoms with Crippen LogP contribution in [0.1, 0.15) is 28.9 Å². The van der Waals surface area contributed by atoms with Crippen molar-refractivity contribution in [3.8, 4) is 0 Å². The van der Waals surface area contributed by atoms with E-state index in [1.807, 2.05) is 47.0 Å². The van der Waals surface area contributed by atoms with Gasteiger partial charge in [0.05, 0.1) is 6.54 Å². The fourth-order valence-electron chi connectivity index (χ4n) is 3.62. The Labute approximate surface area is 157 Å². The van der Waals surface area contributed by atoms with Crippen molar-refractivity contribution in [3.05, 3.63) is 66.1 Å². The minimum absolute atomic E-state index is 0.0459. The highest BCUT2D eigenvalue weighted by atomic mass is 19.1. The van der Waals surface area contributed by atoms with Gasteiger partial charge in [0, 0.05) is 29.8 Å². The van der Waals surface area contributed by atoms with E-state index < -0.39 is 5.67 Å². The largest absolute Gasteiger partial charge is 0.348 e. The summed E-state index contributed by atoms with van der Waals surface area (Å²) in [5, 5.41) is 6.97. The molecule has 0 atom stereocenters. The molecule has 5 nitrogen and oxygen atoms in total. The number of rotatable bonds is 5. The van der Waals surface area contributed by atoms with Gasteiger partial charge in [0.15, 0.2) is 0 Å². The Morgan fingerprint density at radius 1 is 1.19 bits per heavy atom. The monoisotopic (exact) mass is 366 g/mol. The highest BCUT2D eigenvalue weighted by Gasteiger charge is 2.32. The average Bonchev–Trinajstić information content (AvgIpc) is 3.06. The maximum atomic E-state index is 14.8. The maximum absolute atomic E-state index is 14.8. The third-order valence-electron chi connectivity index (χ3n) is 5.20. The zero-order valence-electron chi connectivity index (χ0n) is 15.1. The van der Waals surface area contributed by atoms with Gasteiger partial charge in [-0.25, -0.2) is 4.39 Å². The number of alkyl halides is 1. The summed E-state index contributed by atoms with van der Waals surface area (Å²) in [5.74, 6) is -0.240. The average molecular weight is 366 g/mol. The number of carbonyl (C=O) groups excluding carboxylic acids is 1. The highest BCUT2D eigenvalue weighted by Crippen LogP contribution is 2.24. The van der Waals surface area contributed by atoms with Crippen LogP contribution in [-0.4, -0.2) is 40.8 Å². The molecule has 1 amide bonds. The Morgan fingerprint density at radius 2 is 1.93 bits per heavy atom. The summed E-state index contributed by atoms with van der Waals surface area (Å²) in [6.07, 6.45) is 4.33. The zero-order valence-corrected chi connectivity index (χ0v) is 15.1. The second kappa shape index (κ2) is 7.48. The number of nitrogens with zero attached hydrogens (tertiary/aromatic N) is 2. The van der Waals surface area contributed by atoms with Gasteiger partial charge in [-0.3, -0.25) is 9.78 Å². The molecular formula is C21H23FN4O. The quantitative estimate of drug-likeness (QED) is 0.730. The summed E-state index contributed by atoms with van der Waals surface area (Å²) in [6, 6.07) is 13.6. The SMILES string of the molecule is O=C(NCC1(F)CCNCC1)c1cc2ccccc2n1Cc1ccncc1. The molecule has 0 unspecified atom stereocenters. The van der Waals surface area contributed by atoms with E-state index in [2.05, 4.69) is 15.6 Å². The molecule has 1 fully saturated rings. The molecule has 27 heavy (non-hydrogen) atoms. The predicted molar refractivity (Wildman–Crippen MR) is 104 cm³/mol. The van der Waals surface area contributed by atoms with Crippen molar-refractivity contribution in [1.82, 2.24) is 20.2 Å². The van der Waals surface area contributed by atoms with E-state index in [0.717, 1.165) is 16.5 Å². The van der Waals surface area contributed by atoms with Crippen molar-refractivity contribution in [3.63, 3.8) is 0 Å². The molecule has 0 spiro atoms. The van der Waals surface area contributed by atoms with Crippen LogP contribution in [0.2, 0.25) is 0 Å². The first-order chi connectivity index (χ1) is 13.1. The molecule has 1 aliphatic heterocycles. The van der Waals surface area contributed by atoms with Crippen LogP contribution in [-0.2, 0) is 6.54 Å². The smallest absolute Gasteiger partial charge is 0.268 e. The highest BCUT2D eigenvalue weighted by molar-refractivity contribution is 5.98. The van der Waals surface area contributed by atoms with Crippen LogP contribution >= 0.6 is 0 Å². The van der Waals surface area contributed by atoms with Crippen LogP contribution in [0.3, 0.4) is 0 Å². The number of aromatic nitrogens is 2. The summed E-state index contributed by atoms with van der Waals surface area (Å²) >= 11 is 0. The number of nitrogens with one attached hydrogen (secondary N) is 2. The first-order valence-electron chi connectivity index (χ1n) is 9.30. The number of hydrogen-bond acceptors (Lipinski definition) is 3. The van der Waals surface area contributed by atoms with Gasteiger partial charge in [0.2, 0.25) is 0 Å². The summed E-state index contributed by atoms with van der Waals surface area (Å²) in [7, 11) is 0. The molecule has 140 valence electrons. The van der Waals surface area contributed by atoms with Gasteiger partial charge in [-0.15, -0.1) is 0 Å². The number of carbonyl (C=O) groups is 1. The fourth-order valence-corrected chi connectivity index (χ4v) is 3.62. The molecule has 1 saturated heterocycles. The van der Waals surface area contributed by atoms with Crippen LogP contribution in [0.25, 0.3) is 10.9 Å². The van der Waals surface area contributed by atoms with Crippen molar-refractivity contribution in [2.24, 2.45) is 0 Å². The molecular weight excluding hydrogens is 343 g/mol. The maximum Gasteiger partial charge on any atom is 0.268 e. The summed E-state index contributed by atoms with van der Waals surface area (Å²) in [5.41, 5.74) is 1.26. The van der Waals surface area contributed by atoms with E-state index in [4.69, 9.17) is 0 Å². The summed E-state index contributed by atoms with van der Waals surface area (Å²) in [6.45, 7) is 1.90. The van der Waals surface area contributed by atoms with Crippen molar-refractivity contribution in [2.45, 2.75) is 25.1 Å². The van der Waals surface area contributed by atoms with E-state index in [-0.39, 0.29) is 12.5 Å². The molecule has 0 aliphatic carbocycles. The van der Waals surface area contributed by atoms with Crippen LogP contribution in [0.4, 0.5) is 4.39 Å². The summed E-state index contributed by atoms with van der Waals surface area (Å²) < 4.78 is 16.8. The predicted octanol–water partition coefficient (Wildman–Crippen LogP) is 2.91. The lowest BCUT2D eigenvalue weighted by atomic mass is 9.94. The van der Waals surface area contributed by atoms with Crippen molar-refractivity contribution >= 4 is 16.8 Å². The van der Waals surface area contributed by atoms with Gasteiger partial charge in [-0.1, -0.05) is 18.2 Å². The van der Waals surface area contributed by atoms with E-state index in [1.54, 1.807) is 12.4 Å². The normalized spacial score (nSPS) is 16.3. The van der Waals surface area contributed by atoms with Crippen LogP contribution in [0.5, 0.6) is 0 Å². The standard InChI is InChI=1S/C21H23FN4O/c22-21(7-11-24-12-8-21)15-25-20(27)19-13-17-3-1-2-4-18(17)26(19)14-16-5-9-23-10-6-16/h1-6,9-10,13,24H,7-8,11-12,14-15H2,(H,25,27). The third-order valence-corrected chi connectivity index (χ3v) is 5.20. The molecule has 0 saturated carbocycles. The molecule has 1 aromatic carbocycles.